The van der Waals surface area contributed by atoms with Crippen molar-refractivity contribution in [1.29, 1.82) is 0 Å². The van der Waals surface area contributed by atoms with Crippen molar-refractivity contribution < 1.29 is 19.1 Å². The van der Waals surface area contributed by atoms with Crippen molar-refractivity contribution in [3.8, 4) is 0 Å². The number of anilines is 1. The Morgan fingerprint density at radius 1 is 0.926 bits per heavy atom. The molecule has 0 radical (unpaired) electrons. The van der Waals surface area contributed by atoms with Gasteiger partial charge in [0.2, 0.25) is 0 Å². The predicted octanol–water partition coefficient (Wildman–Crippen LogP) is 4.09. The molecular weight excluding hydrogens is 344 g/mol. The summed E-state index contributed by atoms with van der Waals surface area (Å²) >= 11 is 0. The van der Waals surface area contributed by atoms with Gasteiger partial charge in [0.15, 0.2) is 5.78 Å². The summed E-state index contributed by atoms with van der Waals surface area (Å²) in [4.78, 5) is 36.3. The molecule has 0 saturated carbocycles. The lowest BCUT2D eigenvalue weighted by Crippen LogP contribution is -2.40. The number of ketones is 1. The molecule has 0 fully saturated rings. The summed E-state index contributed by atoms with van der Waals surface area (Å²) < 4.78 is 5.26. The topological polar surface area (TPSA) is 84.5 Å². The molecule has 2 rings (SSSR count). The molecule has 6 nitrogen and oxygen atoms in total. The van der Waals surface area contributed by atoms with Crippen LogP contribution in [0.25, 0.3) is 0 Å². The smallest absolute Gasteiger partial charge is 0.408 e. The summed E-state index contributed by atoms with van der Waals surface area (Å²) in [6.07, 6.45) is -0.682. The molecule has 2 aromatic carbocycles. The van der Waals surface area contributed by atoms with Gasteiger partial charge in [-0.2, -0.15) is 0 Å². The van der Waals surface area contributed by atoms with Crippen molar-refractivity contribution >= 4 is 23.5 Å². The van der Waals surface area contributed by atoms with Crippen LogP contribution in [0, 0.1) is 0 Å². The van der Waals surface area contributed by atoms with Crippen molar-refractivity contribution in [1.82, 2.24) is 5.32 Å². The summed E-state index contributed by atoms with van der Waals surface area (Å²) in [6, 6.07) is 14.5. The first-order valence-corrected chi connectivity index (χ1v) is 8.62. The standard InChI is InChI=1S/C21H24N2O4/c1-14(24)15-10-12-17(13-11-15)22-19(25)18(16-8-6-5-7-9-16)23-20(26)27-21(2,3)4/h5-13,18H,1-4H3,(H,22,25)(H,23,26). The van der Waals surface area contributed by atoms with E-state index in [1.165, 1.54) is 6.92 Å². The van der Waals surface area contributed by atoms with Crippen molar-refractivity contribution in [3.63, 3.8) is 0 Å². The van der Waals surface area contributed by atoms with Crippen LogP contribution in [0.5, 0.6) is 0 Å². The highest BCUT2D eigenvalue weighted by atomic mass is 16.6. The number of benzene rings is 2. The van der Waals surface area contributed by atoms with E-state index in [4.69, 9.17) is 4.74 Å². The largest absolute Gasteiger partial charge is 0.444 e. The third-order valence-corrected chi connectivity index (χ3v) is 3.62. The van der Waals surface area contributed by atoms with Gasteiger partial charge in [-0.1, -0.05) is 30.3 Å². The molecule has 2 N–H and O–H groups in total. The quantitative estimate of drug-likeness (QED) is 0.779. The zero-order valence-corrected chi connectivity index (χ0v) is 15.9. The molecule has 0 aliphatic rings. The van der Waals surface area contributed by atoms with Crippen molar-refractivity contribution in [2.45, 2.75) is 39.3 Å². The lowest BCUT2D eigenvalue weighted by Gasteiger charge is -2.23. The van der Waals surface area contributed by atoms with Crippen molar-refractivity contribution in [2.24, 2.45) is 0 Å². The maximum absolute atomic E-state index is 12.8. The van der Waals surface area contributed by atoms with Gasteiger partial charge in [0, 0.05) is 11.3 Å². The second-order valence-electron chi connectivity index (χ2n) is 7.11. The Morgan fingerprint density at radius 2 is 1.52 bits per heavy atom. The molecule has 0 aliphatic carbocycles. The number of carbonyl (C=O) groups is 3. The molecule has 0 bridgehead atoms. The molecule has 6 heteroatoms. The zero-order valence-electron chi connectivity index (χ0n) is 15.9. The molecule has 0 aliphatic heterocycles. The van der Waals surface area contributed by atoms with Gasteiger partial charge >= 0.3 is 6.09 Å². The summed E-state index contributed by atoms with van der Waals surface area (Å²) in [5.41, 5.74) is 1.03. The maximum atomic E-state index is 12.8. The lowest BCUT2D eigenvalue weighted by molar-refractivity contribution is -0.118. The predicted molar refractivity (Wildman–Crippen MR) is 104 cm³/mol. The van der Waals surface area contributed by atoms with Crippen LogP contribution in [0.15, 0.2) is 54.6 Å². The minimum absolute atomic E-state index is 0.0540. The van der Waals surface area contributed by atoms with Crippen LogP contribution in [0.3, 0.4) is 0 Å². The third-order valence-electron chi connectivity index (χ3n) is 3.62. The Kier molecular flexibility index (Phi) is 6.34. The van der Waals surface area contributed by atoms with Crippen molar-refractivity contribution in [2.75, 3.05) is 5.32 Å². The molecule has 142 valence electrons. The second-order valence-corrected chi connectivity index (χ2v) is 7.11. The summed E-state index contributed by atoms with van der Waals surface area (Å²) in [6.45, 7) is 6.73. The Balaban J connectivity index is 2.18. The molecule has 1 atom stereocenters. The highest BCUT2D eigenvalue weighted by molar-refractivity contribution is 5.98. The van der Waals surface area contributed by atoms with Crippen LogP contribution in [-0.4, -0.2) is 23.4 Å². The van der Waals surface area contributed by atoms with Crippen LogP contribution >= 0.6 is 0 Å². The van der Waals surface area contributed by atoms with E-state index in [0.717, 1.165) is 0 Å². The highest BCUT2D eigenvalue weighted by Crippen LogP contribution is 2.18. The fraction of sp³-hybridized carbons (Fsp3) is 0.286. The SMILES string of the molecule is CC(=O)c1ccc(NC(=O)C(NC(=O)OC(C)(C)C)c2ccccc2)cc1. The molecule has 0 saturated heterocycles. The molecule has 2 amide bonds. The first kappa shape index (κ1) is 20.2. The fourth-order valence-electron chi connectivity index (χ4n) is 2.37. The molecular formula is C21H24N2O4. The minimum Gasteiger partial charge on any atom is -0.444 e. The molecule has 27 heavy (non-hydrogen) atoms. The molecule has 0 aromatic heterocycles. The van der Waals surface area contributed by atoms with Gasteiger partial charge in [0.25, 0.3) is 5.91 Å². The summed E-state index contributed by atoms with van der Waals surface area (Å²) in [5, 5.41) is 5.37. The van der Waals surface area contributed by atoms with Gasteiger partial charge in [-0.05, 0) is 57.5 Å². The van der Waals surface area contributed by atoms with Crippen LogP contribution in [0.2, 0.25) is 0 Å². The van der Waals surface area contributed by atoms with Gasteiger partial charge < -0.3 is 15.4 Å². The Bertz CT molecular complexity index is 808. The van der Waals surface area contributed by atoms with Gasteiger partial charge in [0.05, 0.1) is 0 Å². The normalized spacial score (nSPS) is 12.0. The first-order chi connectivity index (χ1) is 12.7. The molecule has 0 heterocycles. The van der Waals surface area contributed by atoms with Crippen LogP contribution in [0.4, 0.5) is 10.5 Å². The van der Waals surface area contributed by atoms with E-state index in [2.05, 4.69) is 10.6 Å². The van der Waals surface area contributed by atoms with Crippen molar-refractivity contribution in [3.05, 3.63) is 65.7 Å². The van der Waals surface area contributed by atoms with E-state index in [1.54, 1.807) is 69.3 Å². The monoisotopic (exact) mass is 368 g/mol. The maximum Gasteiger partial charge on any atom is 0.408 e. The number of hydrogen-bond acceptors (Lipinski definition) is 4. The third kappa shape index (κ3) is 6.26. The number of Topliss-reactive ketones (excluding diaryl/α,β-unsaturated/α-hetero) is 1. The van der Waals surface area contributed by atoms with Gasteiger partial charge in [-0.15, -0.1) is 0 Å². The molecule has 2 aromatic rings. The lowest BCUT2D eigenvalue weighted by atomic mass is 10.1. The molecule has 1 unspecified atom stereocenters. The number of alkyl carbamates (subject to hydrolysis) is 1. The average Bonchev–Trinajstić information content (AvgIpc) is 2.59. The highest BCUT2D eigenvalue weighted by Gasteiger charge is 2.25. The fourth-order valence-corrected chi connectivity index (χ4v) is 2.37. The van der Waals surface area contributed by atoms with E-state index < -0.39 is 23.6 Å². The molecule has 0 spiro atoms. The van der Waals surface area contributed by atoms with E-state index in [9.17, 15) is 14.4 Å². The van der Waals surface area contributed by atoms with E-state index in [1.807, 2.05) is 6.07 Å². The van der Waals surface area contributed by atoms with Crippen LogP contribution in [-0.2, 0) is 9.53 Å². The van der Waals surface area contributed by atoms with E-state index >= 15 is 0 Å². The minimum atomic E-state index is -0.923. The number of rotatable bonds is 5. The summed E-state index contributed by atoms with van der Waals surface area (Å²) in [7, 11) is 0. The second kappa shape index (κ2) is 8.49. The zero-order chi connectivity index (χ0) is 20.0. The summed E-state index contributed by atoms with van der Waals surface area (Å²) in [5.74, 6) is -0.468. The van der Waals surface area contributed by atoms with E-state index in [-0.39, 0.29) is 5.78 Å². The number of amides is 2. The number of ether oxygens (including phenoxy) is 1. The Hall–Kier alpha value is -3.15. The van der Waals surface area contributed by atoms with E-state index in [0.29, 0.717) is 16.8 Å². The Labute approximate surface area is 158 Å². The van der Waals surface area contributed by atoms with Crippen LogP contribution in [0.1, 0.15) is 49.7 Å². The number of carbonyl (C=O) groups excluding carboxylic acids is 3. The average molecular weight is 368 g/mol. The van der Waals surface area contributed by atoms with Gasteiger partial charge in [0.1, 0.15) is 11.6 Å². The number of hydrogen-bond donors (Lipinski definition) is 2. The Morgan fingerprint density at radius 3 is 2.04 bits per heavy atom. The first-order valence-electron chi connectivity index (χ1n) is 8.62. The number of nitrogens with one attached hydrogen (secondary N) is 2. The van der Waals surface area contributed by atoms with Gasteiger partial charge in [-0.3, -0.25) is 9.59 Å². The van der Waals surface area contributed by atoms with Gasteiger partial charge in [-0.25, -0.2) is 4.79 Å². The van der Waals surface area contributed by atoms with Crippen LogP contribution < -0.4 is 10.6 Å².